The first-order valence-corrected chi connectivity index (χ1v) is 7.06. The predicted octanol–water partition coefficient (Wildman–Crippen LogP) is 2.89. The summed E-state index contributed by atoms with van der Waals surface area (Å²) in [7, 11) is 0. The topological polar surface area (TPSA) is 51.3 Å². The van der Waals surface area contributed by atoms with Gasteiger partial charge in [-0.05, 0) is 38.7 Å². The van der Waals surface area contributed by atoms with E-state index in [2.05, 4.69) is 0 Å². The van der Waals surface area contributed by atoms with E-state index in [-0.39, 0.29) is 11.6 Å². The van der Waals surface area contributed by atoms with Gasteiger partial charge in [0.1, 0.15) is 12.2 Å². The molecule has 21 heavy (non-hydrogen) atoms. The number of amides is 1. The highest BCUT2D eigenvalue weighted by Gasteiger charge is 2.41. The number of halogens is 3. The number of hydrogen-bond donors (Lipinski definition) is 1. The van der Waals surface area contributed by atoms with Gasteiger partial charge < -0.3 is 15.2 Å². The molecule has 1 saturated carbocycles. The molecular formula is C14H20F3N3O. The zero-order valence-electron chi connectivity index (χ0n) is 12.2. The number of carbonyl (C=O) groups excluding carboxylic acids is 1. The zero-order chi connectivity index (χ0) is 15.8. The van der Waals surface area contributed by atoms with Gasteiger partial charge in [0.2, 0.25) is 0 Å². The summed E-state index contributed by atoms with van der Waals surface area (Å²) in [5.41, 5.74) is 6.25. The van der Waals surface area contributed by atoms with Gasteiger partial charge in [0.05, 0.1) is 5.69 Å². The molecule has 0 radical (unpaired) electrons. The smallest absolute Gasteiger partial charge is 0.397 e. The van der Waals surface area contributed by atoms with E-state index in [4.69, 9.17) is 5.73 Å². The van der Waals surface area contributed by atoms with Crippen LogP contribution >= 0.6 is 0 Å². The summed E-state index contributed by atoms with van der Waals surface area (Å²) in [5, 5.41) is 0. The fourth-order valence-electron chi connectivity index (χ4n) is 2.55. The van der Waals surface area contributed by atoms with Crippen molar-refractivity contribution in [2.75, 3.05) is 12.3 Å². The van der Waals surface area contributed by atoms with Crippen LogP contribution < -0.4 is 5.73 Å². The van der Waals surface area contributed by atoms with Crippen molar-refractivity contribution in [2.24, 2.45) is 5.92 Å². The van der Waals surface area contributed by atoms with E-state index in [1.165, 1.54) is 6.07 Å². The zero-order valence-corrected chi connectivity index (χ0v) is 12.2. The number of aryl methyl sites for hydroxylation is 1. The normalized spacial score (nSPS) is 16.8. The molecule has 118 valence electrons. The Morgan fingerprint density at radius 3 is 2.62 bits per heavy atom. The molecule has 1 fully saturated rings. The van der Waals surface area contributed by atoms with Gasteiger partial charge in [-0.25, -0.2) is 0 Å². The summed E-state index contributed by atoms with van der Waals surface area (Å²) >= 11 is 0. The molecule has 1 aliphatic rings. The minimum atomic E-state index is -4.41. The average Bonchev–Trinajstić information content (AvgIpc) is 3.16. The van der Waals surface area contributed by atoms with Crippen LogP contribution in [0.25, 0.3) is 0 Å². The van der Waals surface area contributed by atoms with Gasteiger partial charge in [0.25, 0.3) is 5.91 Å². The second-order valence-electron chi connectivity index (χ2n) is 5.57. The van der Waals surface area contributed by atoms with Crippen LogP contribution in [0.3, 0.4) is 0 Å². The maximum Gasteiger partial charge on any atom is 0.406 e. The summed E-state index contributed by atoms with van der Waals surface area (Å²) in [6, 6.07) is 1.02. The number of carbonyl (C=O) groups is 1. The van der Waals surface area contributed by atoms with Gasteiger partial charge in [-0.2, -0.15) is 13.2 Å². The first-order chi connectivity index (χ1) is 9.73. The van der Waals surface area contributed by atoms with Crippen molar-refractivity contribution in [1.82, 2.24) is 9.47 Å². The Bertz CT molecular complexity index is 520. The molecule has 1 atom stereocenters. The maximum atomic E-state index is 12.8. The lowest BCUT2D eigenvalue weighted by molar-refractivity contribution is -0.144. The third kappa shape index (κ3) is 3.71. The predicted molar refractivity (Wildman–Crippen MR) is 73.8 cm³/mol. The Morgan fingerprint density at radius 2 is 2.14 bits per heavy atom. The molecule has 0 aromatic carbocycles. The van der Waals surface area contributed by atoms with Crippen LogP contribution in [-0.4, -0.2) is 34.1 Å². The fraction of sp³-hybridized carbons (Fsp3) is 0.643. The van der Waals surface area contributed by atoms with Gasteiger partial charge in [0, 0.05) is 18.8 Å². The van der Waals surface area contributed by atoms with E-state index < -0.39 is 24.7 Å². The molecule has 2 rings (SSSR count). The molecule has 1 heterocycles. The van der Waals surface area contributed by atoms with E-state index in [1.54, 1.807) is 17.7 Å². The van der Waals surface area contributed by atoms with E-state index in [1.807, 2.05) is 6.92 Å². The van der Waals surface area contributed by atoms with E-state index >= 15 is 0 Å². The van der Waals surface area contributed by atoms with Crippen LogP contribution in [0.5, 0.6) is 0 Å². The highest BCUT2D eigenvalue weighted by Crippen LogP contribution is 2.36. The standard InChI is InChI=1S/C14H20F3N3O/c1-3-19-7-11(18)6-12(19)13(21)20(8-14(15,16)17)9(2)10-4-5-10/h6-7,9-10H,3-5,8,18H2,1-2H3. The lowest BCUT2D eigenvalue weighted by atomic mass is 10.1. The second-order valence-corrected chi connectivity index (χ2v) is 5.57. The molecule has 1 aliphatic carbocycles. The van der Waals surface area contributed by atoms with Crippen molar-refractivity contribution in [2.45, 2.75) is 45.5 Å². The minimum absolute atomic E-state index is 0.165. The first-order valence-electron chi connectivity index (χ1n) is 7.06. The van der Waals surface area contributed by atoms with Gasteiger partial charge in [-0.3, -0.25) is 4.79 Å². The number of nitrogens with two attached hydrogens (primary N) is 1. The van der Waals surface area contributed by atoms with Crippen molar-refractivity contribution in [3.63, 3.8) is 0 Å². The molecule has 0 bridgehead atoms. The largest absolute Gasteiger partial charge is 0.406 e. The van der Waals surface area contributed by atoms with Gasteiger partial charge >= 0.3 is 6.18 Å². The number of alkyl halides is 3. The molecule has 0 spiro atoms. The fourth-order valence-corrected chi connectivity index (χ4v) is 2.55. The SMILES string of the molecule is CCn1cc(N)cc1C(=O)N(CC(F)(F)F)C(C)C1CC1. The van der Waals surface area contributed by atoms with E-state index in [9.17, 15) is 18.0 Å². The van der Waals surface area contributed by atoms with Crippen LogP contribution in [-0.2, 0) is 6.54 Å². The summed E-state index contributed by atoms with van der Waals surface area (Å²) < 4.78 is 39.9. The summed E-state index contributed by atoms with van der Waals surface area (Å²) in [6.07, 6.45) is -1.09. The highest BCUT2D eigenvalue weighted by atomic mass is 19.4. The number of hydrogen-bond acceptors (Lipinski definition) is 2. The Hall–Kier alpha value is -1.66. The molecule has 1 amide bonds. The average molecular weight is 303 g/mol. The number of aromatic nitrogens is 1. The number of rotatable bonds is 5. The Morgan fingerprint density at radius 1 is 1.52 bits per heavy atom. The monoisotopic (exact) mass is 303 g/mol. The molecule has 1 unspecified atom stereocenters. The van der Waals surface area contributed by atoms with Gasteiger partial charge in [-0.15, -0.1) is 0 Å². The quantitative estimate of drug-likeness (QED) is 0.909. The molecule has 1 aromatic heterocycles. The van der Waals surface area contributed by atoms with E-state index in [0.717, 1.165) is 17.7 Å². The third-order valence-electron chi connectivity index (χ3n) is 3.88. The van der Waals surface area contributed by atoms with Crippen molar-refractivity contribution < 1.29 is 18.0 Å². The van der Waals surface area contributed by atoms with Gasteiger partial charge in [-0.1, -0.05) is 0 Å². The maximum absolute atomic E-state index is 12.8. The van der Waals surface area contributed by atoms with Crippen molar-refractivity contribution in [3.05, 3.63) is 18.0 Å². The summed E-state index contributed by atoms with van der Waals surface area (Å²) in [4.78, 5) is 13.5. The molecule has 0 saturated heterocycles. The van der Waals surface area contributed by atoms with Crippen LogP contribution in [0.15, 0.2) is 12.3 Å². The van der Waals surface area contributed by atoms with E-state index in [0.29, 0.717) is 12.2 Å². The lowest BCUT2D eigenvalue weighted by Crippen LogP contribution is -2.46. The Balaban J connectivity index is 2.28. The lowest BCUT2D eigenvalue weighted by Gasteiger charge is -2.30. The molecule has 0 aliphatic heterocycles. The van der Waals surface area contributed by atoms with Crippen LogP contribution in [0.2, 0.25) is 0 Å². The molecule has 1 aromatic rings. The number of nitrogens with zero attached hydrogens (tertiary/aromatic N) is 2. The molecule has 2 N–H and O–H groups in total. The van der Waals surface area contributed by atoms with Crippen LogP contribution in [0.1, 0.15) is 37.2 Å². The Kier molecular flexibility index (Phi) is 4.20. The summed E-state index contributed by atoms with van der Waals surface area (Å²) in [5.74, 6) is -0.441. The Labute approximate surface area is 121 Å². The van der Waals surface area contributed by atoms with Gasteiger partial charge in [0.15, 0.2) is 0 Å². The highest BCUT2D eigenvalue weighted by molar-refractivity contribution is 5.94. The summed E-state index contributed by atoms with van der Waals surface area (Å²) in [6.45, 7) is 2.76. The third-order valence-corrected chi connectivity index (χ3v) is 3.88. The van der Waals surface area contributed by atoms with Crippen molar-refractivity contribution >= 4 is 11.6 Å². The second kappa shape index (κ2) is 5.61. The van der Waals surface area contributed by atoms with Crippen molar-refractivity contribution in [1.29, 1.82) is 0 Å². The van der Waals surface area contributed by atoms with Crippen molar-refractivity contribution in [3.8, 4) is 0 Å². The molecule has 4 nitrogen and oxygen atoms in total. The van der Waals surface area contributed by atoms with Crippen LogP contribution in [0.4, 0.5) is 18.9 Å². The number of nitrogen functional groups attached to an aromatic ring is 1. The number of anilines is 1. The molecular weight excluding hydrogens is 283 g/mol. The molecule has 7 heteroatoms. The first kappa shape index (κ1) is 15.7. The minimum Gasteiger partial charge on any atom is -0.397 e. The van der Waals surface area contributed by atoms with Crippen LogP contribution in [0, 0.1) is 5.92 Å².